The van der Waals surface area contributed by atoms with Crippen LogP contribution in [0, 0.1) is 0 Å². The van der Waals surface area contributed by atoms with E-state index in [-0.39, 0.29) is 28.5 Å². The Morgan fingerprint density at radius 1 is 1.58 bits per heavy atom. The van der Waals surface area contributed by atoms with Gasteiger partial charge >= 0.3 is 55.3 Å². The number of hydrogen-bond acceptors (Lipinski definition) is 3. The van der Waals surface area contributed by atoms with Gasteiger partial charge in [0.1, 0.15) is 0 Å². The summed E-state index contributed by atoms with van der Waals surface area (Å²) in [5.41, 5.74) is 0. The molecule has 5 heteroatoms. The maximum atomic E-state index is 10.2. The summed E-state index contributed by atoms with van der Waals surface area (Å²) in [7, 11) is 4.74. The molecule has 0 aromatic rings. The van der Waals surface area contributed by atoms with E-state index in [4.69, 9.17) is 0 Å². The minimum atomic E-state index is -0.254. The SMILES string of the molecule is C=[C]([SnH3])C(=O)OC.CN(C)C=O. The average Bonchev–Trinajstić information content (AvgIpc) is 2.04. The van der Waals surface area contributed by atoms with Crippen molar-refractivity contribution in [2.45, 2.75) is 0 Å². The Balaban J connectivity index is 0. The van der Waals surface area contributed by atoms with Crippen LogP contribution in [0.2, 0.25) is 0 Å². The van der Waals surface area contributed by atoms with Gasteiger partial charge in [-0.1, -0.05) is 0 Å². The van der Waals surface area contributed by atoms with Crippen LogP contribution in [-0.2, 0) is 14.3 Å². The molecular weight excluding hydrogens is 265 g/mol. The first-order valence-corrected chi connectivity index (χ1v) is 6.16. The van der Waals surface area contributed by atoms with E-state index >= 15 is 0 Å². The minimum Gasteiger partial charge on any atom is -0.351 e. The third-order valence-corrected chi connectivity index (χ3v) is 1.91. The van der Waals surface area contributed by atoms with E-state index in [9.17, 15) is 9.59 Å². The van der Waals surface area contributed by atoms with Gasteiger partial charge in [-0.2, -0.15) is 0 Å². The van der Waals surface area contributed by atoms with Gasteiger partial charge in [-0.25, -0.2) is 0 Å². The van der Waals surface area contributed by atoms with Gasteiger partial charge in [0, 0.05) is 14.1 Å². The third-order valence-electron chi connectivity index (χ3n) is 0.745. The van der Waals surface area contributed by atoms with E-state index in [0.717, 1.165) is 6.41 Å². The van der Waals surface area contributed by atoms with Gasteiger partial charge < -0.3 is 4.90 Å². The summed E-state index contributed by atoms with van der Waals surface area (Å²) in [6, 6.07) is 0. The standard InChI is InChI=1S/C4H5O2.C3H7NO.Sn.3H/c1-3-4(5)6-2;1-4(2)3-5;;;;/h1H2,2H3;3H,1-2H3;;;;. The van der Waals surface area contributed by atoms with Gasteiger partial charge in [-0.05, 0) is 0 Å². The average molecular weight is 280 g/mol. The van der Waals surface area contributed by atoms with Crippen molar-refractivity contribution in [3.8, 4) is 0 Å². The molecule has 12 heavy (non-hydrogen) atoms. The smallest absolute Gasteiger partial charge is 0.209 e. The number of amides is 1. The number of carbonyl (C=O) groups is 2. The molecule has 0 N–H and O–H groups in total. The largest absolute Gasteiger partial charge is 0.351 e. The number of hydrogen-bond donors (Lipinski definition) is 0. The fourth-order valence-electron chi connectivity index (χ4n) is 0.174. The van der Waals surface area contributed by atoms with Crippen molar-refractivity contribution < 1.29 is 14.3 Å². The van der Waals surface area contributed by atoms with Crippen molar-refractivity contribution >= 4 is 34.9 Å². The molecule has 70 valence electrons. The molecule has 0 aliphatic rings. The van der Waals surface area contributed by atoms with E-state index in [1.54, 1.807) is 14.1 Å². The molecular formula is C7H15NO3Sn. The summed E-state index contributed by atoms with van der Waals surface area (Å²) in [5.74, 6) is -0.254. The summed E-state index contributed by atoms with van der Waals surface area (Å²) in [6.45, 7) is 3.44. The molecule has 0 fully saturated rings. The van der Waals surface area contributed by atoms with Gasteiger partial charge in [-0.3, -0.25) is 4.79 Å². The second kappa shape index (κ2) is 8.57. The fraction of sp³-hybridized carbons (Fsp3) is 0.429. The van der Waals surface area contributed by atoms with Gasteiger partial charge in [0.15, 0.2) is 0 Å². The zero-order valence-electron chi connectivity index (χ0n) is 7.96. The molecule has 0 aliphatic carbocycles. The van der Waals surface area contributed by atoms with Crippen LogP contribution in [0.15, 0.2) is 10.2 Å². The molecule has 0 saturated carbocycles. The van der Waals surface area contributed by atoms with Crippen molar-refractivity contribution in [2.75, 3.05) is 21.2 Å². The molecule has 4 nitrogen and oxygen atoms in total. The molecule has 0 aliphatic heterocycles. The maximum absolute atomic E-state index is 10.2. The Hall–Kier alpha value is -0.521. The summed E-state index contributed by atoms with van der Waals surface area (Å²) < 4.78 is 4.97. The molecule has 0 radical (unpaired) electrons. The van der Waals surface area contributed by atoms with Crippen LogP contribution in [0.1, 0.15) is 0 Å². The van der Waals surface area contributed by atoms with Crippen LogP contribution in [0.25, 0.3) is 0 Å². The van der Waals surface area contributed by atoms with Crippen molar-refractivity contribution in [1.82, 2.24) is 4.90 Å². The molecule has 0 atom stereocenters. The molecule has 0 unspecified atom stereocenters. The predicted octanol–water partition coefficient (Wildman–Crippen LogP) is -1.26. The summed E-state index contributed by atoms with van der Waals surface area (Å²) in [5, 5.41) is 0. The van der Waals surface area contributed by atoms with E-state index in [0.29, 0.717) is 3.59 Å². The number of rotatable bonds is 2. The van der Waals surface area contributed by atoms with E-state index in [2.05, 4.69) is 11.3 Å². The van der Waals surface area contributed by atoms with E-state index in [1.165, 1.54) is 12.0 Å². The molecule has 0 aromatic heterocycles. The maximum Gasteiger partial charge on any atom is 0.209 e. The molecule has 1 amide bonds. The number of methoxy groups -OCH3 is 1. The number of ether oxygens (including phenoxy) is 1. The third kappa shape index (κ3) is 12.2. The van der Waals surface area contributed by atoms with Crippen LogP contribution in [0.3, 0.4) is 0 Å². The molecule has 0 saturated heterocycles. The summed E-state index contributed by atoms with van der Waals surface area (Å²) >= 11 is 0.228. The zero-order valence-corrected chi connectivity index (χ0v) is 13.7. The van der Waals surface area contributed by atoms with Gasteiger partial charge in [0.05, 0.1) is 0 Å². The van der Waals surface area contributed by atoms with Crippen molar-refractivity contribution in [1.29, 1.82) is 0 Å². The molecule has 0 rings (SSSR count). The van der Waals surface area contributed by atoms with E-state index in [1.807, 2.05) is 0 Å². The van der Waals surface area contributed by atoms with Crippen LogP contribution in [-0.4, -0.2) is 61.0 Å². The number of esters is 1. The summed E-state index contributed by atoms with van der Waals surface area (Å²) in [6.07, 6.45) is 0.750. The van der Waals surface area contributed by atoms with Crippen LogP contribution in [0.5, 0.6) is 0 Å². The summed E-state index contributed by atoms with van der Waals surface area (Å²) in [4.78, 5) is 21.1. The molecule has 0 aromatic carbocycles. The first-order chi connectivity index (χ1) is 5.45. The Labute approximate surface area is 85.7 Å². The molecule has 0 heterocycles. The quantitative estimate of drug-likeness (QED) is 0.274. The van der Waals surface area contributed by atoms with Crippen molar-refractivity contribution in [3.05, 3.63) is 10.2 Å². The Kier molecular flexibility index (Phi) is 10.0. The van der Waals surface area contributed by atoms with Gasteiger partial charge in [0.25, 0.3) is 0 Å². The Morgan fingerprint density at radius 2 is 1.92 bits per heavy atom. The first kappa shape index (κ1) is 14.0. The molecule has 0 bridgehead atoms. The Morgan fingerprint density at radius 3 is 1.92 bits per heavy atom. The van der Waals surface area contributed by atoms with Crippen molar-refractivity contribution in [3.63, 3.8) is 0 Å². The second-order valence-corrected chi connectivity index (χ2v) is 5.79. The van der Waals surface area contributed by atoms with Gasteiger partial charge in [-0.15, -0.1) is 0 Å². The number of nitrogens with zero attached hydrogens (tertiary/aromatic N) is 1. The van der Waals surface area contributed by atoms with E-state index < -0.39 is 0 Å². The van der Waals surface area contributed by atoms with Crippen LogP contribution < -0.4 is 0 Å². The number of carbonyl (C=O) groups excluding carboxylic acids is 2. The fourth-order valence-corrected chi connectivity index (χ4v) is 0.757. The van der Waals surface area contributed by atoms with Gasteiger partial charge in [0.2, 0.25) is 6.41 Å². The predicted molar refractivity (Wildman–Crippen MR) is 50.8 cm³/mol. The Bertz CT molecular complexity index is 168. The van der Waals surface area contributed by atoms with Crippen LogP contribution in [0.4, 0.5) is 0 Å². The molecule has 0 spiro atoms. The minimum absolute atomic E-state index is 0.228. The first-order valence-electron chi connectivity index (χ1n) is 3.31. The van der Waals surface area contributed by atoms with Crippen molar-refractivity contribution in [2.24, 2.45) is 0 Å². The second-order valence-electron chi connectivity index (χ2n) is 2.34. The topological polar surface area (TPSA) is 46.6 Å². The monoisotopic (exact) mass is 281 g/mol. The van der Waals surface area contributed by atoms with Crippen LogP contribution >= 0.6 is 0 Å². The zero-order chi connectivity index (χ0) is 10.1. The normalized spacial score (nSPS) is 7.58.